The average molecular weight is 426 g/mol. The number of piperidine rings is 1. The first kappa shape index (κ1) is 21.5. The summed E-state index contributed by atoms with van der Waals surface area (Å²) in [5.74, 6) is 1.67. The zero-order chi connectivity index (χ0) is 21.4. The van der Waals surface area contributed by atoms with Gasteiger partial charge >= 0.3 is 0 Å². The minimum atomic E-state index is -0.111. The van der Waals surface area contributed by atoms with E-state index in [1.54, 1.807) is 12.1 Å². The van der Waals surface area contributed by atoms with E-state index < -0.39 is 0 Å². The molecule has 2 aromatic rings. The minimum Gasteiger partial charge on any atom is -0.344 e. The molecule has 5 rings (SSSR count). The molecular weight excluding hydrogens is 385 g/mol. The van der Waals surface area contributed by atoms with E-state index in [-0.39, 0.29) is 5.82 Å². The van der Waals surface area contributed by atoms with Crippen molar-refractivity contribution in [1.29, 1.82) is 0 Å². The maximum absolute atomic E-state index is 14.1. The third-order valence-corrected chi connectivity index (χ3v) is 8.56. The fourth-order valence-corrected chi connectivity index (χ4v) is 6.57. The van der Waals surface area contributed by atoms with E-state index in [1.165, 1.54) is 88.6 Å². The Balaban J connectivity index is 1.27. The molecule has 3 fully saturated rings. The van der Waals surface area contributed by atoms with E-state index in [0.717, 1.165) is 29.8 Å². The van der Waals surface area contributed by atoms with Crippen LogP contribution in [0.5, 0.6) is 0 Å². The monoisotopic (exact) mass is 425 g/mol. The summed E-state index contributed by atoms with van der Waals surface area (Å²) in [5, 5.41) is 1.13. The Bertz CT molecular complexity index is 866. The lowest BCUT2D eigenvalue weighted by Crippen LogP contribution is -2.43. The topological polar surface area (TPSA) is 11.4 Å². The van der Waals surface area contributed by atoms with Gasteiger partial charge in [0.1, 0.15) is 5.82 Å². The molecule has 31 heavy (non-hydrogen) atoms. The zero-order valence-corrected chi connectivity index (χ0v) is 19.5. The molecule has 4 heteroatoms. The highest BCUT2D eigenvalue weighted by Crippen LogP contribution is 2.36. The highest BCUT2D eigenvalue weighted by Gasteiger charge is 2.31. The smallest absolute Gasteiger partial charge is 0.123 e. The van der Waals surface area contributed by atoms with Gasteiger partial charge in [-0.1, -0.05) is 13.8 Å². The fourth-order valence-electron chi connectivity index (χ4n) is 6.57. The van der Waals surface area contributed by atoms with Gasteiger partial charge in [-0.15, -0.1) is 0 Å². The largest absolute Gasteiger partial charge is 0.344 e. The highest BCUT2D eigenvalue weighted by molar-refractivity contribution is 5.84. The molecule has 0 unspecified atom stereocenters. The fraction of sp³-hybridized carbons (Fsp3) is 0.704. The molecule has 0 radical (unpaired) electrons. The molecule has 1 aromatic heterocycles. The summed E-state index contributed by atoms with van der Waals surface area (Å²) in [6.07, 6.45) is 13.0. The molecule has 3 nitrogen and oxygen atoms in total. The van der Waals surface area contributed by atoms with Crippen LogP contribution in [0.4, 0.5) is 4.39 Å². The summed E-state index contributed by atoms with van der Waals surface area (Å²) in [5.41, 5.74) is 2.54. The number of fused-ring (bicyclic) bond motifs is 1. The first-order valence-electron chi connectivity index (χ1n) is 12.8. The van der Waals surface area contributed by atoms with Crippen LogP contribution in [0.2, 0.25) is 0 Å². The van der Waals surface area contributed by atoms with E-state index in [4.69, 9.17) is 0 Å². The molecule has 2 saturated heterocycles. The van der Waals surface area contributed by atoms with Gasteiger partial charge in [0.2, 0.25) is 0 Å². The summed E-state index contributed by atoms with van der Waals surface area (Å²) < 4.78 is 16.6. The summed E-state index contributed by atoms with van der Waals surface area (Å²) in [6.45, 7) is 10.5. The van der Waals surface area contributed by atoms with Crippen molar-refractivity contribution in [3.63, 3.8) is 0 Å². The molecule has 0 amide bonds. The van der Waals surface area contributed by atoms with Crippen LogP contribution in [0.1, 0.15) is 76.8 Å². The number of halogens is 1. The lowest BCUT2D eigenvalue weighted by molar-refractivity contribution is 0.0893. The van der Waals surface area contributed by atoms with Crippen molar-refractivity contribution in [2.24, 2.45) is 11.8 Å². The Kier molecular flexibility index (Phi) is 6.39. The van der Waals surface area contributed by atoms with Crippen molar-refractivity contribution < 1.29 is 4.39 Å². The van der Waals surface area contributed by atoms with Gasteiger partial charge < -0.3 is 9.47 Å². The Morgan fingerprint density at radius 2 is 1.61 bits per heavy atom. The second-order valence-electron chi connectivity index (χ2n) is 10.8. The SMILES string of the molecule is CC(C)C1CCC(N2CCC(n3cc(CN4CCCC4)c4cc(F)ccc43)CC2)CC1. The number of hydrogen-bond donors (Lipinski definition) is 0. The van der Waals surface area contributed by atoms with E-state index in [0.29, 0.717) is 6.04 Å². The number of aromatic nitrogens is 1. The maximum Gasteiger partial charge on any atom is 0.123 e. The van der Waals surface area contributed by atoms with Crippen LogP contribution >= 0.6 is 0 Å². The predicted octanol–water partition coefficient (Wildman–Crippen LogP) is 6.23. The number of benzene rings is 1. The number of rotatable bonds is 5. The van der Waals surface area contributed by atoms with Crippen molar-refractivity contribution in [1.82, 2.24) is 14.4 Å². The second-order valence-corrected chi connectivity index (χ2v) is 10.8. The van der Waals surface area contributed by atoms with Gasteiger partial charge in [-0.3, -0.25) is 4.90 Å². The molecule has 170 valence electrons. The van der Waals surface area contributed by atoms with E-state index in [1.807, 2.05) is 6.07 Å². The molecule has 1 aromatic carbocycles. The van der Waals surface area contributed by atoms with E-state index in [9.17, 15) is 4.39 Å². The van der Waals surface area contributed by atoms with Crippen LogP contribution < -0.4 is 0 Å². The van der Waals surface area contributed by atoms with Crippen LogP contribution in [-0.4, -0.2) is 46.6 Å². The number of hydrogen-bond acceptors (Lipinski definition) is 2. The van der Waals surface area contributed by atoms with Gasteiger partial charge in [0.25, 0.3) is 0 Å². The molecule has 3 aliphatic rings. The standard InChI is InChI=1S/C27H40FN3/c1-20(2)21-5-8-24(9-6-21)30-15-11-25(12-16-30)31-19-22(18-29-13-3-4-14-29)26-17-23(28)7-10-27(26)31/h7,10,17,19-21,24-25H,3-6,8-9,11-16,18H2,1-2H3. The third-order valence-electron chi connectivity index (χ3n) is 8.56. The number of likely N-dealkylation sites (tertiary alicyclic amines) is 2. The molecule has 1 saturated carbocycles. The van der Waals surface area contributed by atoms with Gasteiger partial charge in [-0.25, -0.2) is 4.39 Å². The first-order chi connectivity index (χ1) is 15.1. The summed E-state index contributed by atoms with van der Waals surface area (Å²) in [7, 11) is 0. The van der Waals surface area contributed by atoms with Crippen LogP contribution in [-0.2, 0) is 6.54 Å². The molecule has 0 N–H and O–H groups in total. The molecule has 1 aliphatic carbocycles. The Labute approximate surface area is 187 Å². The molecule has 0 atom stereocenters. The molecule has 0 spiro atoms. The van der Waals surface area contributed by atoms with Gasteiger partial charge in [-0.2, -0.15) is 0 Å². The predicted molar refractivity (Wildman–Crippen MR) is 127 cm³/mol. The van der Waals surface area contributed by atoms with Gasteiger partial charge in [-0.05, 0) is 100 Å². The van der Waals surface area contributed by atoms with Crippen LogP contribution in [0.25, 0.3) is 10.9 Å². The minimum absolute atomic E-state index is 0.111. The maximum atomic E-state index is 14.1. The number of nitrogens with zero attached hydrogens (tertiary/aromatic N) is 3. The van der Waals surface area contributed by atoms with Crippen molar-refractivity contribution >= 4 is 10.9 Å². The van der Waals surface area contributed by atoms with Gasteiger partial charge in [0.05, 0.1) is 0 Å². The first-order valence-corrected chi connectivity index (χ1v) is 12.8. The van der Waals surface area contributed by atoms with Gasteiger partial charge in [0.15, 0.2) is 0 Å². The Morgan fingerprint density at radius 3 is 2.29 bits per heavy atom. The van der Waals surface area contributed by atoms with Crippen molar-refractivity contribution in [3.05, 3.63) is 35.8 Å². The average Bonchev–Trinajstić information content (AvgIpc) is 3.42. The lowest BCUT2D eigenvalue weighted by Gasteiger charge is -2.42. The van der Waals surface area contributed by atoms with Crippen molar-refractivity contribution in [3.8, 4) is 0 Å². The van der Waals surface area contributed by atoms with Crippen LogP contribution in [0.15, 0.2) is 24.4 Å². The third kappa shape index (κ3) is 4.57. The summed E-state index contributed by atoms with van der Waals surface area (Å²) in [4.78, 5) is 5.31. The summed E-state index contributed by atoms with van der Waals surface area (Å²) >= 11 is 0. The molecule has 3 heterocycles. The second kappa shape index (κ2) is 9.23. The Hall–Kier alpha value is -1.39. The summed E-state index contributed by atoms with van der Waals surface area (Å²) in [6, 6.07) is 6.76. The normalized spacial score (nSPS) is 27.0. The molecule has 0 bridgehead atoms. The van der Waals surface area contributed by atoms with Crippen LogP contribution in [0.3, 0.4) is 0 Å². The van der Waals surface area contributed by atoms with Crippen LogP contribution in [0, 0.1) is 17.7 Å². The van der Waals surface area contributed by atoms with E-state index in [2.05, 4.69) is 34.4 Å². The van der Waals surface area contributed by atoms with E-state index >= 15 is 0 Å². The quantitative estimate of drug-likeness (QED) is 0.563. The molecule has 2 aliphatic heterocycles. The molecular formula is C27H40FN3. The Morgan fingerprint density at radius 1 is 0.903 bits per heavy atom. The lowest BCUT2D eigenvalue weighted by atomic mass is 9.79. The van der Waals surface area contributed by atoms with Crippen molar-refractivity contribution in [2.75, 3.05) is 26.2 Å². The zero-order valence-electron chi connectivity index (χ0n) is 19.5. The highest BCUT2D eigenvalue weighted by atomic mass is 19.1. The van der Waals surface area contributed by atoms with Crippen molar-refractivity contribution in [2.45, 2.75) is 83.8 Å². The van der Waals surface area contributed by atoms with Gasteiger partial charge in [0, 0.05) is 48.8 Å².